The van der Waals surface area contributed by atoms with Crippen LogP contribution in [0.3, 0.4) is 0 Å². The van der Waals surface area contributed by atoms with Crippen molar-refractivity contribution in [3.8, 4) is 0 Å². The third kappa shape index (κ3) is 3.64. The third-order valence-electron chi connectivity index (χ3n) is 2.87. The van der Waals surface area contributed by atoms with Crippen LogP contribution in [0.25, 0.3) is 0 Å². The first-order valence-corrected chi connectivity index (χ1v) is 6.96. The molecular weight excluding hydrogens is 322 g/mol. The van der Waals surface area contributed by atoms with Gasteiger partial charge in [-0.25, -0.2) is 0 Å². The lowest BCUT2D eigenvalue weighted by Crippen LogP contribution is -2.08. The van der Waals surface area contributed by atoms with Crippen molar-refractivity contribution in [3.05, 3.63) is 63.9 Å². The Hall–Kier alpha value is -1.27. The van der Waals surface area contributed by atoms with Crippen LogP contribution >= 0.6 is 15.9 Å². The Morgan fingerprint density at radius 3 is 2.80 bits per heavy atom. The maximum absolute atomic E-state index is 10.5. The number of hydrogen-bond acceptors (Lipinski definition) is 4. The second kappa shape index (κ2) is 7.50. The van der Waals surface area contributed by atoms with Crippen molar-refractivity contribution < 1.29 is 14.6 Å². The van der Waals surface area contributed by atoms with E-state index in [-0.39, 0.29) is 6.79 Å². The van der Waals surface area contributed by atoms with Crippen LogP contribution in [-0.2, 0) is 16.1 Å². The van der Waals surface area contributed by atoms with Gasteiger partial charge >= 0.3 is 0 Å². The van der Waals surface area contributed by atoms with Crippen molar-refractivity contribution in [3.63, 3.8) is 0 Å². The summed E-state index contributed by atoms with van der Waals surface area (Å²) in [5.41, 5.74) is 2.27. The number of aliphatic hydroxyl groups is 1. The SMILES string of the molecule is COCOCc1c(Br)cccc1C(O)c1ccccn1. The summed E-state index contributed by atoms with van der Waals surface area (Å²) in [6.07, 6.45) is 0.882. The molecule has 1 heterocycles. The van der Waals surface area contributed by atoms with E-state index in [1.54, 1.807) is 19.4 Å². The molecule has 4 nitrogen and oxygen atoms in total. The maximum Gasteiger partial charge on any atom is 0.146 e. The van der Waals surface area contributed by atoms with E-state index in [0.717, 1.165) is 15.6 Å². The molecule has 0 aliphatic heterocycles. The second-order valence-electron chi connectivity index (χ2n) is 4.22. The Bertz CT molecular complexity index is 548. The highest BCUT2D eigenvalue weighted by molar-refractivity contribution is 9.10. The number of rotatable bonds is 6. The fourth-order valence-corrected chi connectivity index (χ4v) is 2.40. The van der Waals surface area contributed by atoms with Gasteiger partial charge in [0.2, 0.25) is 0 Å². The number of aliphatic hydroxyl groups excluding tert-OH is 1. The molecule has 0 spiro atoms. The van der Waals surface area contributed by atoms with Gasteiger partial charge in [-0.15, -0.1) is 0 Å². The highest BCUT2D eigenvalue weighted by atomic mass is 79.9. The van der Waals surface area contributed by atoms with Crippen LogP contribution in [0.2, 0.25) is 0 Å². The Labute approximate surface area is 126 Å². The predicted molar refractivity (Wildman–Crippen MR) is 79.1 cm³/mol. The number of ether oxygens (including phenoxy) is 2. The van der Waals surface area contributed by atoms with E-state index in [2.05, 4.69) is 20.9 Å². The molecule has 2 rings (SSSR count). The third-order valence-corrected chi connectivity index (χ3v) is 3.61. The van der Waals surface area contributed by atoms with Crippen LogP contribution in [0.1, 0.15) is 22.9 Å². The van der Waals surface area contributed by atoms with Gasteiger partial charge in [0.25, 0.3) is 0 Å². The lowest BCUT2D eigenvalue weighted by Gasteiger charge is -2.16. The molecule has 1 atom stereocenters. The summed E-state index contributed by atoms with van der Waals surface area (Å²) in [5, 5.41) is 10.5. The van der Waals surface area contributed by atoms with Gasteiger partial charge in [-0.3, -0.25) is 4.98 Å². The molecule has 0 amide bonds. The van der Waals surface area contributed by atoms with Crippen molar-refractivity contribution in [1.29, 1.82) is 0 Å². The van der Waals surface area contributed by atoms with Crippen molar-refractivity contribution in [1.82, 2.24) is 4.98 Å². The molecule has 0 saturated carbocycles. The Morgan fingerprint density at radius 1 is 1.25 bits per heavy atom. The first-order valence-electron chi connectivity index (χ1n) is 6.17. The van der Waals surface area contributed by atoms with Gasteiger partial charge in [-0.05, 0) is 29.3 Å². The molecule has 2 aromatic rings. The van der Waals surface area contributed by atoms with Crippen LogP contribution in [0.15, 0.2) is 47.1 Å². The minimum atomic E-state index is -0.783. The fourth-order valence-electron chi connectivity index (χ4n) is 1.91. The average Bonchev–Trinajstić information content (AvgIpc) is 2.49. The van der Waals surface area contributed by atoms with E-state index in [0.29, 0.717) is 12.3 Å². The summed E-state index contributed by atoms with van der Waals surface area (Å²) in [4.78, 5) is 4.19. The standard InChI is InChI=1S/C15H16BrNO3/c1-19-10-20-9-12-11(5-4-6-13(12)16)15(18)14-7-2-3-8-17-14/h2-8,15,18H,9-10H2,1H3. The largest absolute Gasteiger partial charge is 0.382 e. The minimum Gasteiger partial charge on any atom is -0.382 e. The normalized spacial score (nSPS) is 12.3. The minimum absolute atomic E-state index is 0.209. The zero-order valence-corrected chi connectivity index (χ0v) is 12.7. The first kappa shape index (κ1) is 15.1. The van der Waals surface area contributed by atoms with Gasteiger partial charge in [0, 0.05) is 17.8 Å². The molecule has 0 fully saturated rings. The zero-order chi connectivity index (χ0) is 14.4. The van der Waals surface area contributed by atoms with E-state index in [1.807, 2.05) is 30.3 Å². The van der Waals surface area contributed by atoms with Crippen molar-refractivity contribution in [2.75, 3.05) is 13.9 Å². The Morgan fingerprint density at radius 2 is 2.10 bits per heavy atom. The molecule has 5 heteroatoms. The Kier molecular flexibility index (Phi) is 5.67. The van der Waals surface area contributed by atoms with E-state index in [9.17, 15) is 5.11 Å². The van der Waals surface area contributed by atoms with E-state index < -0.39 is 6.10 Å². The number of nitrogens with zero attached hydrogens (tertiary/aromatic N) is 1. The van der Waals surface area contributed by atoms with Crippen molar-refractivity contribution >= 4 is 15.9 Å². The number of hydrogen-bond donors (Lipinski definition) is 1. The lowest BCUT2D eigenvalue weighted by molar-refractivity contribution is -0.0397. The van der Waals surface area contributed by atoms with Crippen molar-refractivity contribution in [2.45, 2.75) is 12.7 Å². The molecular formula is C15H16BrNO3. The summed E-state index contributed by atoms with van der Waals surface area (Å²) in [6.45, 7) is 0.564. The van der Waals surface area contributed by atoms with Gasteiger partial charge in [0.15, 0.2) is 0 Å². The van der Waals surface area contributed by atoms with Crippen molar-refractivity contribution in [2.24, 2.45) is 0 Å². The maximum atomic E-state index is 10.5. The fraction of sp³-hybridized carbons (Fsp3) is 0.267. The molecule has 20 heavy (non-hydrogen) atoms. The smallest absolute Gasteiger partial charge is 0.146 e. The highest BCUT2D eigenvalue weighted by Gasteiger charge is 2.17. The molecule has 0 aliphatic carbocycles. The summed E-state index contributed by atoms with van der Waals surface area (Å²) >= 11 is 3.49. The molecule has 0 aliphatic rings. The summed E-state index contributed by atoms with van der Waals surface area (Å²) in [6, 6.07) is 11.1. The van der Waals surface area contributed by atoms with Gasteiger partial charge in [0.05, 0.1) is 12.3 Å². The molecule has 0 bridgehead atoms. The van der Waals surface area contributed by atoms with E-state index >= 15 is 0 Å². The molecule has 1 unspecified atom stereocenters. The quantitative estimate of drug-likeness (QED) is 0.650. The Balaban J connectivity index is 2.28. The molecule has 106 valence electrons. The molecule has 1 aromatic heterocycles. The van der Waals surface area contributed by atoms with Crippen LogP contribution in [0.4, 0.5) is 0 Å². The number of halogens is 1. The number of benzene rings is 1. The summed E-state index contributed by atoms with van der Waals surface area (Å²) < 4.78 is 11.2. The molecule has 0 saturated heterocycles. The van der Waals surface area contributed by atoms with Crippen LogP contribution in [-0.4, -0.2) is 24.0 Å². The second-order valence-corrected chi connectivity index (χ2v) is 5.07. The predicted octanol–water partition coefficient (Wildman–Crippen LogP) is 3.05. The topological polar surface area (TPSA) is 51.6 Å². The van der Waals surface area contributed by atoms with Crippen LogP contribution < -0.4 is 0 Å². The summed E-state index contributed by atoms with van der Waals surface area (Å²) in [7, 11) is 1.57. The van der Waals surface area contributed by atoms with Gasteiger partial charge < -0.3 is 14.6 Å². The van der Waals surface area contributed by atoms with E-state index in [4.69, 9.17) is 9.47 Å². The van der Waals surface area contributed by atoms with Gasteiger partial charge in [-0.2, -0.15) is 0 Å². The zero-order valence-electron chi connectivity index (χ0n) is 11.1. The van der Waals surface area contributed by atoms with Crippen LogP contribution in [0, 0.1) is 0 Å². The molecule has 1 aromatic carbocycles. The highest BCUT2D eigenvalue weighted by Crippen LogP contribution is 2.29. The van der Waals surface area contributed by atoms with E-state index in [1.165, 1.54) is 0 Å². The first-order chi connectivity index (χ1) is 9.74. The molecule has 0 radical (unpaired) electrons. The average molecular weight is 338 g/mol. The lowest BCUT2D eigenvalue weighted by atomic mass is 10.0. The molecule has 1 N–H and O–H groups in total. The number of aromatic nitrogens is 1. The van der Waals surface area contributed by atoms with Crippen LogP contribution in [0.5, 0.6) is 0 Å². The summed E-state index contributed by atoms with van der Waals surface area (Å²) in [5.74, 6) is 0. The number of pyridine rings is 1. The number of methoxy groups -OCH3 is 1. The van der Waals surface area contributed by atoms with Gasteiger partial charge in [0.1, 0.15) is 12.9 Å². The van der Waals surface area contributed by atoms with Gasteiger partial charge in [-0.1, -0.05) is 34.1 Å². The monoisotopic (exact) mass is 337 g/mol.